The van der Waals surface area contributed by atoms with Crippen LogP contribution in [0.1, 0.15) is 66.4 Å². The van der Waals surface area contributed by atoms with Crippen LogP contribution in [0.15, 0.2) is 18.2 Å². The highest BCUT2D eigenvalue weighted by molar-refractivity contribution is 6.63. The number of fused-ring (bicyclic) bond motifs is 1. The van der Waals surface area contributed by atoms with Gasteiger partial charge in [-0.2, -0.15) is 0 Å². The Hall–Kier alpha value is -1.73. The van der Waals surface area contributed by atoms with E-state index < -0.39 is 24.4 Å². The predicted octanol–water partition coefficient (Wildman–Crippen LogP) is 3.53. The number of carboxylic acid groups (broad SMARTS) is 1. The lowest BCUT2D eigenvalue weighted by atomic mass is 9.70. The molecule has 1 aromatic rings. The first-order valence-corrected chi connectivity index (χ1v) is 9.94. The molecule has 2 atom stereocenters. The molecule has 6 nitrogen and oxygen atoms in total. The van der Waals surface area contributed by atoms with Gasteiger partial charge in [-0.15, -0.1) is 0 Å². The second-order valence-corrected chi connectivity index (χ2v) is 9.89. The normalized spacial score (nSPS) is 24.2. The summed E-state index contributed by atoms with van der Waals surface area (Å²) in [6.07, 6.45) is -0.253. The number of amides is 1. The third-order valence-corrected chi connectivity index (χ3v) is 6.27. The minimum Gasteiger partial charge on any atom is -0.494 e. The molecule has 1 amide bonds. The molecule has 2 heterocycles. The monoisotopic (exact) mass is 389 g/mol. The predicted molar refractivity (Wildman–Crippen MR) is 109 cm³/mol. The van der Waals surface area contributed by atoms with Crippen molar-refractivity contribution in [2.24, 2.45) is 5.41 Å². The van der Waals surface area contributed by atoms with E-state index in [9.17, 15) is 9.90 Å². The Morgan fingerprint density at radius 1 is 1.21 bits per heavy atom. The summed E-state index contributed by atoms with van der Waals surface area (Å²) >= 11 is 0. The summed E-state index contributed by atoms with van der Waals surface area (Å²) in [6, 6.07) is 5.73. The van der Waals surface area contributed by atoms with Crippen LogP contribution in [0.3, 0.4) is 0 Å². The van der Waals surface area contributed by atoms with Gasteiger partial charge in [0.15, 0.2) is 0 Å². The highest BCUT2D eigenvalue weighted by Gasteiger charge is 2.53. The van der Waals surface area contributed by atoms with Crippen LogP contribution in [0.2, 0.25) is 0 Å². The fourth-order valence-electron chi connectivity index (χ4n) is 4.03. The van der Waals surface area contributed by atoms with E-state index in [1.807, 2.05) is 45.9 Å². The molecule has 1 aromatic carbocycles. The van der Waals surface area contributed by atoms with Gasteiger partial charge in [-0.25, -0.2) is 4.79 Å². The van der Waals surface area contributed by atoms with Crippen LogP contribution in [0.5, 0.6) is 5.75 Å². The molecule has 2 N–H and O–H groups in total. The standard InChI is InChI=1S/C21H32BNO5/c1-19(2,3)17(23-18(24)25)14-11-12-26-16-13(14)9-8-10-15(16)22-27-20(4,5)21(6,7)28-22/h8-10,14,17,23H,11-12H2,1-7H3,(H,24,25). The number of carbonyl (C=O) groups is 1. The molecule has 0 radical (unpaired) electrons. The lowest BCUT2D eigenvalue weighted by molar-refractivity contribution is 0.00578. The summed E-state index contributed by atoms with van der Waals surface area (Å²) in [5, 5.41) is 12.1. The zero-order chi connectivity index (χ0) is 20.9. The summed E-state index contributed by atoms with van der Waals surface area (Å²) in [6.45, 7) is 14.8. The number of rotatable bonds is 3. The van der Waals surface area contributed by atoms with Crippen molar-refractivity contribution in [3.05, 3.63) is 23.8 Å². The van der Waals surface area contributed by atoms with Crippen molar-refractivity contribution >= 4 is 18.7 Å². The highest BCUT2D eigenvalue weighted by Crippen LogP contribution is 2.42. The van der Waals surface area contributed by atoms with Crippen LogP contribution in [0.25, 0.3) is 0 Å². The van der Waals surface area contributed by atoms with Gasteiger partial charge >= 0.3 is 13.2 Å². The molecule has 0 saturated carbocycles. The minimum atomic E-state index is -1.00. The second kappa shape index (κ2) is 6.96. The quantitative estimate of drug-likeness (QED) is 0.774. The Bertz CT molecular complexity index is 740. The van der Waals surface area contributed by atoms with Gasteiger partial charge in [0.25, 0.3) is 0 Å². The summed E-state index contributed by atoms with van der Waals surface area (Å²) in [7, 11) is -0.515. The van der Waals surface area contributed by atoms with Crippen LogP contribution in [0, 0.1) is 5.41 Å². The molecule has 3 rings (SSSR count). The van der Waals surface area contributed by atoms with Crippen LogP contribution in [-0.2, 0) is 9.31 Å². The molecule has 1 fully saturated rings. The van der Waals surface area contributed by atoms with Crippen molar-refractivity contribution in [2.75, 3.05) is 6.61 Å². The van der Waals surface area contributed by atoms with Gasteiger partial charge in [0, 0.05) is 17.4 Å². The zero-order valence-corrected chi connectivity index (χ0v) is 18.0. The van der Waals surface area contributed by atoms with Gasteiger partial charge in [0.2, 0.25) is 0 Å². The highest BCUT2D eigenvalue weighted by atomic mass is 16.7. The first kappa shape index (κ1) is 21.0. The maximum Gasteiger partial charge on any atom is 0.498 e. The van der Waals surface area contributed by atoms with Crippen molar-refractivity contribution in [1.82, 2.24) is 5.32 Å². The smallest absolute Gasteiger partial charge is 0.494 e. The van der Waals surface area contributed by atoms with E-state index in [0.717, 1.165) is 23.2 Å². The van der Waals surface area contributed by atoms with Crippen LogP contribution >= 0.6 is 0 Å². The van der Waals surface area contributed by atoms with Crippen molar-refractivity contribution in [3.63, 3.8) is 0 Å². The molecule has 0 aromatic heterocycles. The molecule has 0 bridgehead atoms. The molecule has 0 spiro atoms. The average molecular weight is 389 g/mol. The van der Waals surface area contributed by atoms with E-state index >= 15 is 0 Å². The van der Waals surface area contributed by atoms with E-state index in [2.05, 4.69) is 26.1 Å². The Balaban J connectivity index is 2.00. The van der Waals surface area contributed by atoms with Gasteiger partial charge in [-0.3, -0.25) is 0 Å². The molecular formula is C21H32BNO5. The summed E-state index contributed by atoms with van der Waals surface area (Å²) in [5.41, 5.74) is 0.759. The Morgan fingerprint density at radius 3 is 2.36 bits per heavy atom. The first-order chi connectivity index (χ1) is 12.8. The Morgan fingerprint density at radius 2 is 1.82 bits per heavy atom. The average Bonchev–Trinajstić information content (AvgIpc) is 2.78. The van der Waals surface area contributed by atoms with E-state index in [4.69, 9.17) is 14.0 Å². The maximum atomic E-state index is 11.4. The summed E-state index contributed by atoms with van der Waals surface area (Å²) < 4.78 is 18.5. The summed E-state index contributed by atoms with van der Waals surface area (Å²) in [4.78, 5) is 11.4. The van der Waals surface area contributed by atoms with Crippen molar-refractivity contribution < 1.29 is 23.9 Å². The van der Waals surface area contributed by atoms with E-state index in [1.165, 1.54) is 0 Å². The van der Waals surface area contributed by atoms with E-state index in [0.29, 0.717) is 6.61 Å². The fourth-order valence-corrected chi connectivity index (χ4v) is 4.03. The second-order valence-electron chi connectivity index (χ2n) is 9.89. The Kier molecular flexibility index (Phi) is 5.22. The number of benzene rings is 1. The molecule has 1 saturated heterocycles. The van der Waals surface area contributed by atoms with Gasteiger partial charge in [0.1, 0.15) is 5.75 Å². The fraction of sp³-hybridized carbons (Fsp3) is 0.667. The topological polar surface area (TPSA) is 77.0 Å². The SMILES string of the molecule is CC(C)(C)C(NC(=O)O)C1CCOc2c(B3OC(C)(C)C(C)(C)O3)cccc21. The first-order valence-electron chi connectivity index (χ1n) is 9.94. The number of hydrogen-bond acceptors (Lipinski definition) is 4. The van der Waals surface area contributed by atoms with Gasteiger partial charge < -0.3 is 24.5 Å². The van der Waals surface area contributed by atoms with Crippen molar-refractivity contribution in [2.45, 2.75) is 78.0 Å². The zero-order valence-electron chi connectivity index (χ0n) is 18.0. The van der Waals surface area contributed by atoms with Gasteiger partial charge in [-0.1, -0.05) is 39.0 Å². The molecule has 0 aliphatic carbocycles. The maximum absolute atomic E-state index is 11.4. The van der Waals surface area contributed by atoms with Crippen LogP contribution in [0.4, 0.5) is 4.79 Å². The molecule has 154 valence electrons. The number of ether oxygens (including phenoxy) is 1. The molecule has 2 aliphatic rings. The van der Waals surface area contributed by atoms with Crippen LogP contribution < -0.4 is 15.5 Å². The van der Waals surface area contributed by atoms with Gasteiger partial charge in [0.05, 0.1) is 17.8 Å². The number of nitrogens with one attached hydrogen (secondary N) is 1. The Labute approximate surface area is 168 Å². The lowest BCUT2D eigenvalue weighted by Gasteiger charge is -2.40. The molecule has 2 aliphatic heterocycles. The number of hydrogen-bond donors (Lipinski definition) is 2. The number of para-hydroxylation sites is 1. The largest absolute Gasteiger partial charge is 0.498 e. The van der Waals surface area contributed by atoms with E-state index in [-0.39, 0.29) is 17.4 Å². The lowest BCUT2D eigenvalue weighted by Crippen LogP contribution is -2.49. The molecule has 7 heteroatoms. The third-order valence-electron chi connectivity index (χ3n) is 6.27. The van der Waals surface area contributed by atoms with Gasteiger partial charge in [-0.05, 0) is 45.1 Å². The summed E-state index contributed by atoms with van der Waals surface area (Å²) in [5.74, 6) is 0.779. The van der Waals surface area contributed by atoms with Crippen molar-refractivity contribution in [3.8, 4) is 5.75 Å². The van der Waals surface area contributed by atoms with Crippen molar-refractivity contribution in [1.29, 1.82) is 0 Å². The molecule has 28 heavy (non-hydrogen) atoms. The third kappa shape index (κ3) is 3.74. The molecule has 2 unspecified atom stereocenters. The van der Waals surface area contributed by atoms with Crippen LogP contribution in [-0.4, -0.2) is 42.2 Å². The van der Waals surface area contributed by atoms with E-state index in [1.54, 1.807) is 0 Å². The molecular weight excluding hydrogens is 357 g/mol. The minimum absolute atomic E-state index is 0.0159.